The standard InChI is InChI=1S/C23H17F3N2O5/c1-30-22(29)16-4-2-3-15(11-16)19-10-9-18(13-27-19)31-21-12-20(33-28-21)14-5-7-17(8-6-14)32-23(24,25)26/h2-11,13,20H,12H2,1H3. The molecule has 1 aliphatic heterocycles. The minimum atomic E-state index is -4.75. The zero-order valence-electron chi connectivity index (χ0n) is 17.2. The molecule has 0 fully saturated rings. The van der Waals surface area contributed by atoms with Gasteiger partial charge in [0.1, 0.15) is 11.5 Å². The highest BCUT2D eigenvalue weighted by atomic mass is 19.4. The molecule has 33 heavy (non-hydrogen) atoms. The minimum absolute atomic E-state index is 0.294. The quantitative estimate of drug-likeness (QED) is 0.484. The SMILES string of the molecule is COC(=O)c1cccc(-c2ccc(OC3=NOC(c4ccc(OC(F)(F)F)cc4)C3)cn2)c1. The number of rotatable bonds is 5. The number of methoxy groups -OCH3 is 1. The van der Waals surface area contributed by atoms with Crippen molar-refractivity contribution in [2.24, 2.45) is 5.16 Å². The molecule has 1 aliphatic rings. The van der Waals surface area contributed by atoms with Crippen LogP contribution in [0.4, 0.5) is 13.2 Å². The van der Waals surface area contributed by atoms with Crippen LogP contribution in [0.2, 0.25) is 0 Å². The maximum Gasteiger partial charge on any atom is 0.573 e. The number of alkyl halides is 3. The number of hydrogen-bond donors (Lipinski definition) is 0. The molecule has 1 atom stereocenters. The molecule has 4 rings (SSSR count). The number of oxime groups is 1. The fraction of sp³-hybridized carbons (Fsp3) is 0.174. The third kappa shape index (κ3) is 5.59. The van der Waals surface area contributed by atoms with Crippen LogP contribution >= 0.6 is 0 Å². The molecular formula is C23H17F3N2O5. The number of carbonyl (C=O) groups excluding carboxylic acids is 1. The molecule has 2 aromatic carbocycles. The number of aromatic nitrogens is 1. The molecule has 7 nitrogen and oxygen atoms in total. The molecule has 0 radical (unpaired) electrons. The van der Waals surface area contributed by atoms with E-state index in [1.807, 2.05) is 6.07 Å². The van der Waals surface area contributed by atoms with Gasteiger partial charge >= 0.3 is 12.3 Å². The molecule has 1 unspecified atom stereocenters. The molecule has 3 aromatic rings. The Morgan fingerprint density at radius 1 is 1.06 bits per heavy atom. The van der Waals surface area contributed by atoms with E-state index >= 15 is 0 Å². The molecule has 0 spiro atoms. The second-order valence-corrected chi connectivity index (χ2v) is 6.95. The monoisotopic (exact) mass is 458 g/mol. The summed E-state index contributed by atoms with van der Waals surface area (Å²) in [5.74, 6) is -0.0179. The summed E-state index contributed by atoms with van der Waals surface area (Å²) in [5, 5.41) is 3.90. The summed E-state index contributed by atoms with van der Waals surface area (Å²) in [7, 11) is 1.32. The van der Waals surface area contributed by atoms with Crippen LogP contribution < -0.4 is 9.47 Å². The van der Waals surface area contributed by atoms with E-state index in [4.69, 9.17) is 14.3 Å². The summed E-state index contributed by atoms with van der Waals surface area (Å²) >= 11 is 0. The first-order valence-corrected chi connectivity index (χ1v) is 9.72. The predicted molar refractivity (Wildman–Crippen MR) is 111 cm³/mol. The zero-order valence-corrected chi connectivity index (χ0v) is 17.2. The van der Waals surface area contributed by atoms with Crippen molar-refractivity contribution in [2.75, 3.05) is 7.11 Å². The Morgan fingerprint density at radius 3 is 2.48 bits per heavy atom. The van der Waals surface area contributed by atoms with Gasteiger partial charge in [0.05, 0.1) is 31.0 Å². The van der Waals surface area contributed by atoms with E-state index in [2.05, 4.69) is 14.9 Å². The average Bonchev–Trinajstić information content (AvgIpc) is 3.27. The van der Waals surface area contributed by atoms with Crippen molar-refractivity contribution < 1.29 is 37.0 Å². The van der Waals surface area contributed by atoms with Crippen LogP contribution in [0.1, 0.15) is 28.4 Å². The van der Waals surface area contributed by atoms with Gasteiger partial charge in [0.2, 0.25) is 5.90 Å². The second kappa shape index (κ2) is 9.19. The van der Waals surface area contributed by atoms with Gasteiger partial charge in [-0.3, -0.25) is 4.98 Å². The van der Waals surface area contributed by atoms with E-state index in [0.717, 1.165) is 5.56 Å². The van der Waals surface area contributed by atoms with Gasteiger partial charge in [-0.05, 0) is 42.0 Å². The number of esters is 1. The fourth-order valence-electron chi connectivity index (χ4n) is 3.15. The first kappa shape index (κ1) is 22.1. The molecule has 0 saturated heterocycles. The summed E-state index contributed by atoms with van der Waals surface area (Å²) in [6.07, 6.45) is -3.43. The summed E-state index contributed by atoms with van der Waals surface area (Å²) in [6, 6.07) is 15.7. The number of carbonyl (C=O) groups is 1. The van der Waals surface area contributed by atoms with E-state index < -0.39 is 18.4 Å². The first-order valence-electron chi connectivity index (χ1n) is 9.72. The van der Waals surface area contributed by atoms with Crippen molar-refractivity contribution in [3.8, 4) is 22.8 Å². The average molecular weight is 458 g/mol. The maximum absolute atomic E-state index is 12.3. The van der Waals surface area contributed by atoms with Crippen LogP contribution in [-0.2, 0) is 9.57 Å². The lowest BCUT2D eigenvalue weighted by Crippen LogP contribution is -2.17. The first-order chi connectivity index (χ1) is 15.8. The summed E-state index contributed by atoms with van der Waals surface area (Å²) in [5.41, 5.74) is 2.42. The molecule has 10 heteroatoms. The number of benzene rings is 2. The van der Waals surface area contributed by atoms with Crippen LogP contribution in [0.25, 0.3) is 11.3 Å². The Hall–Kier alpha value is -4.08. The lowest BCUT2D eigenvalue weighted by molar-refractivity contribution is -0.274. The topological polar surface area (TPSA) is 79.2 Å². The highest BCUT2D eigenvalue weighted by Gasteiger charge is 2.31. The van der Waals surface area contributed by atoms with E-state index in [1.165, 1.54) is 37.6 Å². The summed E-state index contributed by atoms with van der Waals surface area (Å²) in [4.78, 5) is 21.4. The Balaban J connectivity index is 1.36. The molecular weight excluding hydrogens is 441 g/mol. The van der Waals surface area contributed by atoms with E-state index in [-0.39, 0.29) is 5.75 Å². The molecule has 0 aliphatic carbocycles. The van der Waals surface area contributed by atoms with Crippen LogP contribution in [0.15, 0.2) is 72.0 Å². The zero-order chi connectivity index (χ0) is 23.4. The highest BCUT2D eigenvalue weighted by Crippen LogP contribution is 2.31. The molecule has 0 amide bonds. The Morgan fingerprint density at radius 2 is 1.82 bits per heavy atom. The number of nitrogens with zero attached hydrogens (tertiary/aromatic N) is 2. The highest BCUT2D eigenvalue weighted by molar-refractivity contribution is 5.90. The van der Waals surface area contributed by atoms with Crippen molar-refractivity contribution in [2.45, 2.75) is 18.9 Å². The molecule has 0 N–H and O–H groups in total. The normalized spacial score (nSPS) is 15.4. The van der Waals surface area contributed by atoms with Gasteiger partial charge in [-0.2, -0.15) is 0 Å². The number of pyridine rings is 1. The Labute approximate surface area is 186 Å². The lowest BCUT2D eigenvalue weighted by Gasteiger charge is -2.11. The van der Waals surface area contributed by atoms with Gasteiger partial charge in [-0.1, -0.05) is 29.4 Å². The van der Waals surface area contributed by atoms with E-state index in [9.17, 15) is 18.0 Å². The van der Waals surface area contributed by atoms with Gasteiger partial charge in [-0.15, -0.1) is 13.2 Å². The van der Waals surface area contributed by atoms with Gasteiger partial charge in [0, 0.05) is 5.56 Å². The predicted octanol–water partition coefficient (Wildman–Crippen LogP) is 5.29. The van der Waals surface area contributed by atoms with Crippen molar-refractivity contribution in [3.63, 3.8) is 0 Å². The smallest absolute Gasteiger partial charge is 0.465 e. The fourth-order valence-corrected chi connectivity index (χ4v) is 3.15. The number of halogens is 3. The van der Waals surface area contributed by atoms with Crippen molar-refractivity contribution in [1.82, 2.24) is 4.98 Å². The van der Waals surface area contributed by atoms with Crippen molar-refractivity contribution in [1.29, 1.82) is 0 Å². The number of ether oxygens (including phenoxy) is 3. The maximum atomic E-state index is 12.3. The largest absolute Gasteiger partial charge is 0.573 e. The molecule has 2 heterocycles. The molecule has 170 valence electrons. The van der Waals surface area contributed by atoms with Gasteiger partial charge in [-0.25, -0.2) is 4.79 Å². The van der Waals surface area contributed by atoms with Crippen LogP contribution in [0, 0.1) is 0 Å². The van der Waals surface area contributed by atoms with Crippen molar-refractivity contribution in [3.05, 3.63) is 78.0 Å². The summed E-state index contributed by atoms with van der Waals surface area (Å²) < 4.78 is 51.1. The van der Waals surface area contributed by atoms with Gasteiger partial charge in [0.15, 0.2) is 6.10 Å². The third-order valence-corrected chi connectivity index (χ3v) is 4.68. The van der Waals surface area contributed by atoms with Crippen molar-refractivity contribution >= 4 is 11.9 Å². The Bertz CT molecular complexity index is 1160. The van der Waals surface area contributed by atoms with Gasteiger partial charge < -0.3 is 19.0 Å². The molecule has 1 aromatic heterocycles. The van der Waals surface area contributed by atoms with Gasteiger partial charge in [0.25, 0.3) is 0 Å². The van der Waals surface area contributed by atoms with Crippen LogP contribution in [-0.4, -0.2) is 30.3 Å². The number of hydrogen-bond acceptors (Lipinski definition) is 7. The second-order valence-electron chi connectivity index (χ2n) is 6.95. The Kier molecular flexibility index (Phi) is 6.16. The van der Waals surface area contributed by atoms with E-state index in [0.29, 0.717) is 34.9 Å². The van der Waals surface area contributed by atoms with Crippen LogP contribution in [0.3, 0.4) is 0 Å². The molecule has 0 bridgehead atoms. The molecule has 0 saturated carbocycles. The van der Waals surface area contributed by atoms with Crippen LogP contribution in [0.5, 0.6) is 11.5 Å². The van der Waals surface area contributed by atoms with E-state index in [1.54, 1.807) is 30.3 Å². The summed E-state index contributed by atoms with van der Waals surface area (Å²) in [6.45, 7) is 0. The minimum Gasteiger partial charge on any atom is -0.465 e. The lowest BCUT2D eigenvalue weighted by atomic mass is 10.1. The third-order valence-electron chi connectivity index (χ3n) is 4.68.